The Morgan fingerprint density at radius 1 is 1.35 bits per heavy atom. The van der Waals surface area contributed by atoms with E-state index in [1.54, 1.807) is 0 Å². The summed E-state index contributed by atoms with van der Waals surface area (Å²) >= 11 is 0. The second-order valence-corrected chi connectivity index (χ2v) is 5.42. The number of carbonyl (C=O) groups is 2. The fourth-order valence-corrected chi connectivity index (χ4v) is 2.91. The number of amides is 2. The molecule has 4 nitrogen and oxygen atoms in total. The maximum atomic E-state index is 12.0. The Bertz CT molecular complexity index is 317. The average Bonchev–Trinajstić information content (AvgIpc) is 2.79. The number of hydrogen-bond acceptors (Lipinski definition) is 3. The second-order valence-electron chi connectivity index (χ2n) is 5.42. The Morgan fingerprint density at radius 2 is 2.12 bits per heavy atom. The number of rotatable bonds is 4. The van der Waals surface area contributed by atoms with Crippen LogP contribution in [0.4, 0.5) is 0 Å². The summed E-state index contributed by atoms with van der Waals surface area (Å²) in [6.45, 7) is 4.80. The molecule has 1 saturated carbocycles. The molecule has 2 rings (SSSR count). The molecule has 2 fully saturated rings. The lowest BCUT2D eigenvalue weighted by molar-refractivity contribution is -0.138. The van der Waals surface area contributed by atoms with Gasteiger partial charge in [-0.05, 0) is 31.6 Å². The number of hydrogen-bond donors (Lipinski definition) is 1. The first-order valence-corrected chi connectivity index (χ1v) is 6.72. The Labute approximate surface area is 103 Å². The van der Waals surface area contributed by atoms with E-state index in [2.05, 4.69) is 12.2 Å². The van der Waals surface area contributed by atoms with Gasteiger partial charge in [0.2, 0.25) is 11.8 Å². The van der Waals surface area contributed by atoms with Gasteiger partial charge in [0, 0.05) is 12.6 Å². The van der Waals surface area contributed by atoms with E-state index < -0.39 is 0 Å². The van der Waals surface area contributed by atoms with Crippen molar-refractivity contribution in [2.24, 2.45) is 5.92 Å². The third kappa shape index (κ3) is 2.68. The van der Waals surface area contributed by atoms with Crippen molar-refractivity contribution in [2.75, 3.05) is 6.54 Å². The Kier molecular flexibility index (Phi) is 3.82. The smallest absolute Gasteiger partial charge is 0.246 e. The van der Waals surface area contributed by atoms with Crippen LogP contribution < -0.4 is 5.32 Å². The molecule has 2 amide bonds. The van der Waals surface area contributed by atoms with Crippen LogP contribution in [-0.4, -0.2) is 35.3 Å². The lowest BCUT2D eigenvalue weighted by atomic mass is 10.1. The predicted molar refractivity (Wildman–Crippen MR) is 65.4 cm³/mol. The highest BCUT2D eigenvalue weighted by atomic mass is 16.2. The molecule has 17 heavy (non-hydrogen) atoms. The van der Waals surface area contributed by atoms with Gasteiger partial charge in [0.25, 0.3) is 0 Å². The van der Waals surface area contributed by atoms with Gasteiger partial charge in [-0.2, -0.15) is 0 Å². The Balaban J connectivity index is 1.90. The molecule has 3 atom stereocenters. The van der Waals surface area contributed by atoms with Crippen LogP contribution in [0.15, 0.2) is 0 Å². The topological polar surface area (TPSA) is 49.4 Å². The van der Waals surface area contributed by atoms with Gasteiger partial charge in [0.05, 0.1) is 12.5 Å². The predicted octanol–water partition coefficient (Wildman–Crippen LogP) is 1.30. The van der Waals surface area contributed by atoms with E-state index >= 15 is 0 Å². The molecule has 1 N–H and O–H groups in total. The fraction of sp³-hybridized carbons (Fsp3) is 0.846. The van der Waals surface area contributed by atoms with E-state index in [0.29, 0.717) is 19.0 Å². The van der Waals surface area contributed by atoms with E-state index in [1.165, 1.54) is 11.3 Å². The zero-order valence-corrected chi connectivity index (χ0v) is 10.7. The van der Waals surface area contributed by atoms with Crippen molar-refractivity contribution in [1.82, 2.24) is 10.2 Å². The summed E-state index contributed by atoms with van der Waals surface area (Å²) < 4.78 is 0. The molecule has 0 radical (unpaired) electrons. The molecule has 0 aromatic heterocycles. The van der Waals surface area contributed by atoms with Crippen molar-refractivity contribution in [3.05, 3.63) is 0 Å². The number of nitrogens with one attached hydrogen (secondary N) is 1. The molecule has 0 spiro atoms. The van der Waals surface area contributed by atoms with E-state index in [9.17, 15) is 9.59 Å². The molecule has 1 aliphatic carbocycles. The Hall–Kier alpha value is -0.900. The summed E-state index contributed by atoms with van der Waals surface area (Å²) in [5, 5.41) is 3.36. The van der Waals surface area contributed by atoms with Gasteiger partial charge in [-0.25, -0.2) is 0 Å². The van der Waals surface area contributed by atoms with Crippen molar-refractivity contribution >= 4 is 11.8 Å². The van der Waals surface area contributed by atoms with E-state index in [1.807, 2.05) is 6.92 Å². The van der Waals surface area contributed by atoms with E-state index in [-0.39, 0.29) is 17.9 Å². The maximum Gasteiger partial charge on any atom is 0.246 e. The van der Waals surface area contributed by atoms with Crippen LogP contribution in [0, 0.1) is 5.92 Å². The molecule has 4 heteroatoms. The van der Waals surface area contributed by atoms with Crippen LogP contribution in [0.3, 0.4) is 0 Å². The largest absolute Gasteiger partial charge is 0.303 e. The minimum absolute atomic E-state index is 0.0135. The summed E-state index contributed by atoms with van der Waals surface area (Å²) in [6.07, 6.45) is 4.68. The van der Waals surface area contributed by atoms with Crippen LogP contribution in [0.5, 0.6) is 0 Å². The zero-order chi connectivity index (χ0) is 12.4. The number of likely N-dealkylation sites (tertiary alicyclic amines) is 1. The molecule has 0 aromatic rings. The van der Waals surface area contributed by atoms with Crippen LogP contribution in [0.25, 0.3) is 0 Å². The molecule has 0 bridgehead atoms. The molecular formula is C13H22N2O2. The van der Waals surface area contributed by atoms with Gasteiger partial charge in [0.15, 0.2) is 0 Å². The van der Waals surface area contributed by atoms with Gasteiger partial charge in [0.1, 0.15) is 0 Å². The van der Waals surface area contributed by atoms with Crippen LogP contribution >= 0.6 is 0 Å². The fourth-order valence-electron chi connectivity index (χ4n) is 2.91. The second kappa shape index (κ2) is 5.17. The highest BCUT2D eigenvalue weighted by Gasteiger charge is 2.39. The van der Waals surface area contributed by atoms with Crippen molar-refractivity contribution in [2.45, 2.75) is 58.0 Å². The molecule has 1 saturated heterocycles. The summed E-state index contributed by atoms with van der Waals surface area (Å²) in [4.78, 5) is 25.1. The molecule has 96 valence electrons. The van der Waals surface area contributed by atoms with Gasteiger partial charge < -0.3 is 5.32 Å². The van der Waals surface area contributed by atoms with Crippen LogP contribution in [0.2, 0.25) is 0 Å². The highest BCUT2D eigenvalue weighted by Crippen LogP contribution is 2.26. The van der Waals surface area contributed by atoms with Gasteiger partial charge >= 0.3 is 0 Å². The molecule has 1 heterocycles. The molecule has 0 aromatic carbocycles. The van der Waals surface area contributed by atoms with Crippen LogP contribution in [-0.2, 0) is 9.59 Å². The summed E-state index contributed by atoms with van der Waals surface area (Å²) in [5.41, 5.74) is 0. The molecular weight excluding hydrogens is 216 g/mol. The standard InChI is InChI=1S/C13H22N2O2/c1-3-6-15-12(16)8-11(13(15)17)14-10-5-4-9(2)7-10/h9-11,14H,3-8H2,1-2H3. The number of nitrogens with zero attached hydrogens (tertiary/aromatic N) is 1. The van der Waals surface area contributed by atoms with Crippen molar-refractivity contribution in [1.29, 1.82) is 0 Å². The summed E-state index contributed by atoms with van der Waals surface area (Å²) in [6, 6.07) is 0.165. The van der Waals surface area contributed by atoms with E-state index in [4.69, 9.17) is 0 Å². The summed E-state index contributed by atoms with van der Waals surface area (Å²) in [7, 11) is 0. The lowest BCUT2D eigenvalue weighted by Crippen LogP contribution is -2.43. The van der Waals surface area contributed by atoms with Crippen molar-refractivity contribution < 1.29 is 9.59 Å². The minimum atomic E-state index is -0.260. The maximum absolute atomic E-state index is 12.0. The third-order valence-electron chi connectivity index (χ3n) is 3.82. The zero-order valence-electron chi connectivity index (χ0n) is 10.7. The quantitative estimate of drug-likeness (QED) is 0.751. The average molecular weight is 238 g/mol. The number of imide groups is 1. The lowest BCUT2D eigenvalue weighted by Gasteiger charge is -2.18. The highest BCUT2D eigenvalue weighted by molar-refractivity contribution is 6.05. The van der Waals surface area contributed by atoms with Gasteiger partial charge in [-0.3, -0.25) is 14.5 Å². The van der Waals surface area contributed by atoms with E-state index in [0.717, 1.165) is 25.2 Å². The van der Waals surface area contributed by atoms with Crippen LogP contribution in [0.1, 0.15) is 46.0 Å². The summed E-state index contributed by atoms with van der Waals surface area (Å²) in [5.74, 6) is 0.711. The number of carbonyl (C=O) groups excluding carboxylic acids is 2. The van der Waals surface area contributed by atoms with Gasteiger partial charge in [-0.15, -0.1) is 0 Å². The third-order valence-corrected chi connectivity index (χ3v) is 3.82. The SMILES string of the molecule is CCCN1C(=O)CC(NC2CCC(C)C2)C1=O. The molecule has 3 unspecified atom stereocenters. The van der Waals surface area contributed by atoms with Gasteiger partial charge in [-0.1, -0.05) is 13.8 Å². The normalized spacial score (nSPS) is 33.8. The van der Waals surface area contributed by atoms with Crippen molar-refractivity contribution in [3.8, 4) is 0 Å². The minimum Gasteiger partial charge on any atom is -0.303 e. The molecule has 1 aliphatic heterocycles. The first-order valence-electron chi connectivity index (χ1n) is 6.72. The first-order chi connectivity index (χ1) is 8.11. The molecule has 2 aliphatic rings. The Morgan fingerprint density at radius 3 is 2.71 bits per heavy atom. The monoisotopic (exact) mass is 238 g/mol. The first kappa shape index (κ1) is 12.6. The van der Waals surface area contributed by atoms with Crippen molar-refractivity contribution in [3.63, 3.8) is 0 Å².